The summed E-state index contributed by atoms with van der Waals surface area (Å²) in [6.45, 7) is 12.2. The smallest absolute Gasteiger partial charge is 0.179 e. The largest absolute Gasteiger partial charge is 0.469 e. The average molecular weight is 525 g/mol. The highest BCUT2D eigenvalue weighted by Gasteiger charge is 2.15. The van der Waals surface area contributed by atoms with Crippen LogP contribution in [-0.4, -0.2) is 24.7 Å². The topological polar surface area (TPSA) is 84.6 Å². The Kier molecular flexibility index (Phi) is 12.2. The molecule has 1 aromatic carbocycles. The van der Waals surface area contributed by atoms with Crippen molar-refractivity contribution in [3.63, 3.8) is 0 Å². The number of nitrogens with one attached hydrogen (secondary N) is 2. The molecule has 0 spiro atoms. The Hall–Kier alpha value is -4.01. The monoisotopic (exact) mass is 524 g/mol. The van der Waals surface area contributed by atoms with E-state index in [0.717, 1.165) is 29.2 Å². The average Bonchev–Trinajstić information content (AvgIpc) is 3.71. The van der Waals surface area contributed by atoms with E-state index in [-0.39, 0.29) is 12.1 Å². The fraction of sp³-hybridized carbons (Fsp3) is 0.345. The summed E-state index contributed by atoms with van der Waals surface area (Å²) in [5.41, 5.74) is 2.88. The molecule has 0 aliphatic heterocycles. The van der Waals surface area contributed by atoms with Crippen LogP contribution in [0.25, 0.3) is 22.3 Å². The summed E-state index contributed by atoms with van der Waals surface area (Å²) in [7, 11) is 1.70. The molecule has 4 aromatic heterocycles. The van der Waals surface area contributed by atoms with Gasteiger partial charge in [0.05, 0.1) is 23.7 Å². The minimum atomic E-state index is -0.628. The van der Waals surface area contributed by atoms with Crippen molar-refractivity contribution in [1.82, 2.24) is 24.7 Å². The minimum Gasteiger partial charge on any atom is -0.469 e. The molecule has 5 rings (SSSR count). The maximum absolute atomic E-state index is 14.7. The van der Waals surface area contributed by atoms with Crippen LogP contribution in [0, 0.1) is 11.6 Å². The first kappa shape index (κ1) is 30.2. The summed E-state index contributed by atoms with van der Waals surface area (Å²) in [6, 6.07) is 8.24. The van der Waals surface area contributed by atoms with Gasteiger partial charge in [-0.05, 0) is 35.9 Å². The van der Waals surface area contributed by atoms with E-state index >= 15 is 0 Å². The number of hydrogen-bond acceptors (Lipinski definition) is 5. The van der Waals surface area contributed by atoms with Crippen LogP contribution in [0.15, 0.2) is 59.6 Å². The zero-order chi connectivity index (χ0) is 28.1. The quantitative estimate of drug-likeness (QED) is 0.228. The van der Waals surface area contributed by atoms with Gasteiger partial charge in [0, 0.05) is 44.4 Å². The van der Waals surface area contributed by atoms with Gasteiger partial charge in [-0.3, -0.25) is 4.68 Å². The molecule has 0 aliphatic carbocycles. The predicted octanol–water partition coefficient (Wildman–Crippen LogP) is 7.71. The zero-order valence-corrected chi connectivity index (χ0v) is 23.3. The number of nitrogens with zero attached hydrogens (tertiary/aromatic N) is 4. The van der Waals surface area contributed by atoms with Crippen molar-refractivity contribution in [2.75, 3.05) is 5.32 Å². The van der Waals surface area contributed by atoms with Gasteiger partial charge in [0.1, 0.15) is 28.7 Å². The number of furan rings is 1. The third kappa shape index (κ3) is 7.50. The Morgan fingerprint density at radius 3 is 2.32 bits per heavy atom. The summed E-state index contributed by atoms with van der Waals surface area (Å²) in [5, 5.41) is 7.21. The first-order chi connectivity index (χ1) is 18.6. The Morgan fingerprint density at radius 2 is 1.71 bits per heavy atom. The molecule has 4 heterocycles. The van der Waals surface area contributed by atoms with Gasteiger partial charge in [0.25, 0.3) is 0 Å². The normalized spacial score (nSPS) is 10.0. The molecule has 9 heteroatoms. The van der Waals surface area contributed by atoms with E-state index in [4.69, 9.17) is 4.42 Å². The predicted molar refractivity (Wildman–Crippen MR) is 150 cm³/mol. The molecule has 0 saturated carbocycles. The Balaban J connectivity index is 0.000000791. The third-order valence-electron chi connectivity index (χ3n) is 5.21. The lowest BCUT2D eigenvalue weighted by molar-refractivity contribution is 0.507. The molecule has 5 aromatic rings. The number of rotatable bonds is 7. The van der Waals surface area contributed by atoms with Crippen LogP contribution in [0.4, 0.5) is 14.5 Å². The standard InChI is InChI=1S/C23H20F2N6O.3C2H6/c1-31-13-15(12-28-31)21-17(24)9-14(10-18(21)25)11-27-19-6-7-26-23-22(19)29-20(30-23)5-4-16-3-2-8-32-16;3*1-2/h2-3,6-10,12-13H,4-5,11H2,1H3,(H2,26,27,29,30);3*1-2H3. The lowest BCUT2D eigenvalue weighted by atomic mass is 10.1. The van der Waals surface area contributed by atoms with Gasteiger partial charge in [-0.25, -0.2) is 18.7 Å². The molecule has 0 atom stereocenters. The molecular formula is C29H38F2N6O. The minimum absolute atomic E-state index is 0.0806. The number of pyridine rings is 1. The van der Waals surface area contributed by atoms with Gasteiger partial charge in [-0.15, -0.1) is 0 Å². The van der Waals surface area contributed by atoms with E-state index in [2.05, 4.69) is 25.4 Å². The lowest BCUT2D eigenvalue weighted by Gasteiger charge is -2.10. The van der Waals surface area contributed by atoms with Crippen LogP contribution in [0.5, 0.6) is 0 Å². The summed E-state index contributed by atoms with van der Waals surface area (Å²) in [6.07, 6.45) is 7.71. The van der Waals surface area contributed by atoms with Crippen molar-refractivity contribution in [3.8, 4) is 11.1 Å². The molecule has 204 valence electrons. The number of H-pyrrole nitrogens is 1. The van der Waals surface area contributed by atoms with Crippen molar-refractivity contribution in [1.29, 1.82) is 0 Å². The number of aromatic nitrogens is 5. The van der Waals surface area contributed by atoms with Crippen LogP contribution >= 0.6 is 0 Å². The van der Waals surface area contributed by atoms with Crippen LogP contribution in [-0.2, 0) is 26.4 Å². The van der Waals surface area contributed by atoms with E-state index in [1.165, 1.54) is 23.0 Å². The number of imidazole rings is 1. The highest BCUT2D eigenvalue weighted by Crippen LogP contribution is 2.27. The second kappa shape index (κ2) is 15.3. The van der Waals surface area contributed by atoms with Crippen molar-refractivity contribution in [2.45, 2.75) is 60.9 Å². The molecule has 0 aliphatic rings. The van der Waals surface area contributed by atoms with E-state index in [9.17, 15) is 8.78 Å². The number of aryl methyl sites for hydroxylation is 3. The molecule has 0 bridgehead atoms. The Bertz CT molecular complexity index is 1350. The molecule has 7 nitrogen and oxygen atoms in total. The van der Waals surface area contributed by atoms with Crippen molar-refractivity contribution < 1.29 is 13.2 Å². The van der Waals surface area contributed by atoms with E-state index in [1.807, 2.05) is 53.7 Å². The fourth-order valence-electron chi connectivity index (χ4n) is 3.67. The number of halogens is 2. The fourth-order valence-corrected chi connectivity index (χ4v) is 3.67. The number of fused-ring (bicyclic) bond motifs is 1. The molecule has 38 heavy (non-hydrogen) atoms. The lowest BCUT2D eigenvalue weighted by Crippen LogP contribution is -2.03. The molecule has 0 fully saturated rings. The summed E-state index contributed by atoms with van der Waals surface area (Å²) < 4.78 is 36.2. The second-order valence-corrected chi connectivity index (χ2v) is 7.51. The van der Waals surface area contributed by atoms with Crippen LogP contribution in [0.3, 0.4) is 0 Å². The number of hydrogen-bond donors (Lipinski definition) is 2. The molecule has 0 amide bonds. The zero-order valence-electron chi connectivity index (χ0n) is 23.3. The van der Waals surface area contributed by atoms with Crippen molar-refractivity contribution in [3.05, 3.63) is 84.0 Å². The highest BCUT2D eigenvalue weighted by molar-refractivity contribution is 5.85. The maximum atomic E-state index is 14.7. The van der Waals surface area contributed by atoms with Crippen LogP contribution in [0.1, 0.15) is 58.7 Å². The maximum Gasteiger partial charge on any atom is 0.179 e. The number of aromatic amines is 1. The van der Waals surface area contributed by atoms with E-state index < -0.39 is 11.6 Å². The molecular weight excluding hydrogens is 486 g/mol. The molecule has 0 unspecified atom stereocenters. The SMILES string of the molecule is CC.CC.CC.Cn1cc(-c2c(F)cc(CNc3ccnc4nc(CCc5ccco5)[nH]c34)cc2F)cn1. The number of benzene rings is 1. The van der Waals surface area contributed by atoms with E-state index in [0.29, 0.717) is 23.2 Å². The Labute approximate surface area is 223 Å². The molecule has 0 radical (unpaired) electrons. The van der Waals surface area contributed by atoms with E-state index in [1.54, 1.807) is 31.8 Å². The van der Waals surface area contributed by atoms with Gasteiger partial charge in [0.15, 0.2) is 5.65 Å². The summed E-state index contributed by atoms with van der Waals surface area (Å²) >= 11 is 0. The number of anilines is 1. The second-order valence-electron chi connectivity index (χ2n) is 7.51. The first-order valence-corrected chi connectivity index (χ1v) is 13.1. The van der Waals surface area contributed by atoms with Gasteiger partial charge >= 0.3 is 0 Å². The summed E-state index contributed by atoms with van der Waals surface area (Å²) in [4.78, 5) is 12.1. The summed E-state index contributed by atoms with van der Waals surface area (Å²) in [5.74, 6) is 0.416. The van der Waals surface area contributed by atoms with Gasteiger partial charge in [-0.2, -0.15) is 5.10 Å². The Morgan fingerprint density at radius 1 is 1.00 bits per heavy atom. The first-order valence-electron chi connectivity index (χ1n) is 13.1. The van der Waals surface area contributed by atoms with Gasteiger partial charge in [0.2, 0.25) is 0 Å². The van der Waals surface area contributed by atoms with Gasteiger partial charge < -0.3 is 14.7 Å². The van der Waals surface area contributed by atoms with Crippen LogP contribution in [0.2, 0.25) is 0 Å². The van der Waals surface area contributed by atoms with Crippen molar-refractivity contribution in [2.24, 2.45) is 7.05 Å². The molecule has 0 saturated heterocycles. The molecule has 2 N–H and O–H groups in total. The van der Waals surface area contributed by atoms with Crippen molar-refractivity contribution >= 4 is 16.9 Å². The highest BCUT2D eigenvalue weighted by atomic mass is 19.1. The third-order valence-corrected chi connectivity index (χ3v) is 5.21. The van der Waals surface area contributed by atoms with Gasteiger partial charge in [-0.1, -0.05) is 41.5 Å². The van der Waals surface area contributed by atoms with Crippen LogP contribution < -0.4 is 5.32 Å².